The van der Waals surface area contributed by atoms with Crippen molar-refractivity contribution in [1.29, 1.82) is 0 Å². The molecule has 5 aromatic rings. The van der Waals surface area contributed by atoms with Crippen molar-refractivity contribution < 1.29 is 24.3 Å². The fourth-order valence-electron chi connectivity index (χ4n) is 7.09. The Balaban J connectivity index is 1.01. The summed E-state index contributed by atoms with van der Waals surface area (Å²) in [5.41, 5.74) is 7.99. The molecule has 0 radical (unpaired) electrons. The number of non-ortho nitro benzene ring substituents is 1. The summed E-state index contributed by atoms with van der Waals surface area (Å²) < 4.78 is 13.3. The molecular weight excluding hydrogens is 683 g/mol. The monoisotopic (exact) mass is 727 g/mol. The molecule has 278 valence electrons. The largest absolute Gasteiger partial charge is 0.392 e. The predicted molar refractivity (Wildman–Crippen MR) is 208 cm³/mol. The number of urea groups is 1. The number of carbonyl (C=O) groups excluding carboxylic acids is 1. The summed E-state index contributed by atoms with van der Waals surface area (Å²) in [4.78, 5) is 28.0. The maximum atomic E-state index is 12.6. The lowest BCUT2D eigenvalue weighted by Gasteiger charge is -2.41. The molecule has 2 amide bonds. The smallest absolute Gasteiger partial charge is 0.315 e. The summed E-state index contributed by atoms with van der Waals surface area (Å²) in [6, 6.07) is 40.6. The molecule has 0 aliphatic carbocycles. The number of amides is 2. The molecule has 54 heavy (non-hydrogen) atoms. The zero-order chi connectivity index (χ0) is 37.3. The van der Waals surface area contributed by atoms with Gasteiger partial charge in [0.25, 0.3) is 5.69 Å². The Labute approximate surface area is 315 Å². The third-order valence-electron chi connectivity index (χ3n) is 10.1. The topological polar surface area (TPSA) is 129 Å². The minimum Gasteiger partial charge on any atom is -0.392 e. The van der Waals surface area contributed by atoms with E-state index in [1.807, 2.05) is 97.1 Å². The number of nitro benzene ring substituents is 1. The minimum atomic E-state index is -0.577. The SMILES string of the molecule is O=C(NCc1ccccc1)NCc1ccccc1-c1ccc([C@@H]2O[C@H](CN3CCN(c4ccc([N+](=O)[O-])cc4)CC3)C[C@H](c3ccc(CO)cc3)O2)cc1. The molecule has 0 spiro atoms. The first kappa shape index (κ1) is 36.8. The number of rotatable bonds is 12. The number of ether oxygens (including phenoxy) is 2. The van der Waals surface area contributed by atoms with E-state index in [0.29, 0.717) is 19.5 Å². The Bertz CT molecular complexity index is 1980. The number of hydrogen-bond acceptors (Lipinski definition) is 8. The van der Waals surface area contributed by atoms with E-state index in [9.17, 15) is 20.0 Å². The Kier molecular flexibility index (Phi) is 11.9. The predicted octanol–water partition coefficient (Wildman–Crippen LogP) is 7.12. The van der Waals surface area contributed by atoms with Crippen molar-refractivity contribution in [2.24, 2.45) is 0 Å². The summed E-state index contributed by atoms with van der Waals surface area (Å²) >= 11 is 0. The van der Waals surface area contributed by atoms with Gasteiger partial charge in [0, 0.05) is 75.6 Å². The number of piperazine rings is 1. The van der Waals surface area contributed by atoms with E-state index >= 15 is 0 Å². The molecule has 2 fully saturated rings. The van der Waals surface area contributed by atoms with Gasteiger partial charge >= 0.3 is 6.03 Å². The zero-order valence-corrected chi connectivity index (χ0v) is 30.1. The van der Waals surface area contributed by atoms with Crippen LogP contribution >= 0.6 is 0 Å². The van der Waals surface area contributed by atoms with Gasteiger partial charge in [-0.05, 0) is 45.5 Å². The lowest BCUT2D eigenvalue weighted by Crippen LogP contribution is -2.49. The molecule has 3 atom stereocenters. The number of nitro groups is 1. The van der Waals surface area contributed by atoms with Gasteiger partial charge < -0.3 is 30.1 Å². The van der Waals surface area contributed by atoms with E-state index in [2.05, 4.69) is 38.6 Å². The van der Waals surface area contributed by atoms with Gasteiger partial charge in [0.2, 0.25) is 0 Å². The zero-order valence-electron chi connectivity index (χ0n) is 30.1. The van der Waals surface area contributed by atoms with Crippen molar-refractivity contribution in [2.75, 3.05) is 37.6 Å². The Morgan fingerprint density at radius 2 is 1.41 bits per heavy atom. The fraction of sp³-hybridized carbons (Fsp3) is 0.279. The second-order valence-corrected chi connectivity index (χ2v) is 13.7. The van der Waals surface area contributed by atoms with Crippen molar-refractivity contribution >= 4 is 17.4 Å². The second-order valence-electron chi connectivity index (χ2n) is 13.7. The number of benzene rings is 5. The van der Waals surface area contributed by atoms with E-state index in [1.165, 1.54) is 0 Å². The van der Waals surface area contributed by atoms with Crippen LogP contribution in [0, 0.1) is 10.1 Å². The lowest BCUT2D eigenvalue weighted by molar-refractivity contribution is -0.384. The third-order valence-corrected chi connectivity index (χ3v) is 10.1. The van der Waals surface area contributed by atoms with Crippen molar-refractivity contribution in [1.82, 2.24) is 15.5 Å². The number of anilines is 1. The summed E-state index contributed by atoms with van der Waals surface area (Å²) in [6.45, 7) is 4.88. The summed E-state index contributed by atoms with van der Waals surface area (Å²) in [6.07, 6.45) is -0.166. The van der Waals surface area contributed by atoms with Gasteiger partial charge in [-0.25, -0.2) is 4.79 Å². The fourth-order valence-corrected chi connectivity index (χ4v) is 7.09. The highest BCUT2D eigenvalue weighted by atomic mass is 16.7. The van der Waals surface area contributed by atoms with Gasteiger partial charge in [0.15, 0.2) is 6.29 Å². The molecule has 0 saturated carbocycles. The minimum absolute atomic E-state index is 0.0149. The maximum absolute atomic E-state index is 12.6. The van der Waals surface area contributed by atoms with Gasteiger partial charge in [-0.1, -0.05) is 103 Å². The summed E-state index contributed by atoms with van der Waals surface area (Å²) in [5.74, 6) is 0. The molecule has 5 aromatic carbocycles. The molecule has 2 heterocycles. The van der Waals surface area contributed by atoms with Gasteiger partial charge in [-0.2, -0.15) is 0 Å². The van der Waals surface area contributed by atoms with Crippen LogP contribution in [0.25, 0.3) is 11.1 Å². The average Bonchev–Trinajstić information content (AvgIpc) is 3.23. The second kappa shape index (κ2) is 17.5. The molecule has 11 nitrogen and oxygen atoms in total. The number of nitrogens with zero attached hydrogens (tertiary/aromatic N) is 3. The molecule has 0 unspecified atom stereocenters. The van der Waals surface area contributed by atoms with Gasteiger partial charge in [0.1, 0.15) is 0 Å². The number of hydrogen-bond donors (Lipinski definition) is 3. The number of carbonyl (C=O) groups is 1. The lowest BCUT2D eigenvalue weighted by atomic mass is 9.97. The van der Waals surface area contributed by atoms with Crippen LogP contribution < -0.4 is 15.5 Å². The van der Waals surface area contributed by atoms with Crippen LogP contribution in [0.1, 0.15) is 46.6 Å². The van der Waals surface area contributed by atoms with Crippen LogP contribution in [0.3, 0.4) is 0 Å². The molecule has 0 bridgehead atoms. The highest BCUT2D eigenvalue weighted by Crippen LogP contribution is 2.39. The molecule has 7 rings (SSSR count). The van der Waals surface area contributed by atoms with E-state index < -0.39 is 6.29 Å². The molecule has 0 aromatic heterocycles. The maximum Gasteiger partial charge on any atom is 0.315 e. The molecule has 3 N–H and O–H groups in total. The van der Waals surface area contributed by atoms with Crippen LogP contribution in [0.2, 0.25) is 0 Å². The van der Waals surface area contributed by atoms with Gasteiger partial charge in [0.05, 0.1) is 23.7 Å². The van der Waals surface area contributed by atoms with Crippen LogP contribution in [-0.4, -0.2) is 59.8 Å². The molecule has 2 aliphatic heterocycles. The van der Waals surface area contributed by atoms with Crippen LogP contribution in [0.4, 0.5) is 16.2 Å². The molecule has 2 aliphatic rings. The summed E-state index contributed by atoms with van der Waals surface area (Å²) in [7, 11) is 0. The first-order valence-corrected chi connectivity index (χ1v) is 18.4. The van der Waals surface area contributed by atoms with E-state index in [1.54, 1.807) is 12.1 Å². The van der Waals surface area contributed by atoms with Gasteiger partial charge in [-0.3, -0.25) is 15.0 Å². The summed E-state index contributed by atoms with van der Waals surface area (Å²) in [5, 5.41) is 26.6. The number of nitrogens with one attached hydrogen (secondary N) is 2. The average molecular weight is 728 g/mol. The van der Waals surface area contributed by atoms with Gasteiger partial charge in [-0.15, -0.1) is 0 Å². The van der Waals surface area contributed by atoms with Crippen molar-refractivity contribution in [3.05, 3.63) is 165 Å². The Hall–Kier alpha value is -5.59. The van der Waals surface area contributed by atoms with Crippen molar-refractivity contribution in [3.8, 4) is 11.1 Å². The highest BCUT2D eigenvalue weighted by Gasteiger charge is 2.34. The Morgan fingerprint density at radius 1 is 0.741 bits per heavy atom. The quantitative estimate of drug-likeness (QED) is 0.0916. The van der Waals surface area contributed by atoms with Crippen LogP contribution in [0.15, 0.2) is 127 Å². The number of aliphatic hydroxyl groups is 1. The van der Waals surface area contributed by atoms with Crippen molar-refractivity contribution in [2.45, 2.75) is 44.6 Å². The standard InChI is InChI=1S/C43H45N5O6/c49-30-32-10-12-34(13-11-32)41-26-39(29-46-22-24-47(25-23-46)37-18-20-38(21-19-37)48(51)52)53-42(54-41)35-16-14-33(15-17-35)40-9-5-4-8-36(40)28-45-43(50)44-27-31-6-2-1-3-7-31/h1-21,39,41-42,49H,22-30H2,(H2,44,45,50)/t39-,41+,42+/m0/s1. The van der Waals surface area contributed by atoms with Crippen LogP contribution in [-0.2, 0) is 29.2 Å². The van der Waals surface area contributed by atoms with E-state index in [4.69, 9.17) is 9.47 Å². The van der Waals surface area contributed by atoms with E-state index in [0.717, 1.165) is 77.4 Å². The first-order valence-electron chi connectivity index (χ1n) is 18.4. The Morgan fingerprint density at radius 3 is 2.11 bits per heavy atom. The molecule has 2 saturated heterocycles. The normalized spacial score (nSPS) is 18.9. The number of aliphatic hydroxyl groups excluding tert-OH is 1. The first-order chi connectivity index (χ1) is 26.4. The third kappa shape index (κ3) is 9.31. The molecular formula is C43H45N5O6. The highest BCUT2D eigenvalue weighted by molar-refractivity contribution is 5.75. The molecule has 11 heteroatoms. The van der Waals surface area contributed by atoms with E-state index in [-0.39, 0.29) is 35.5 Å². The van der Waals surface area contributed by atoms with Crippen molar-refractivity contribution in [3.63, 3.8) is 0 Å². The van der Waals surface area contributed by atoms with Crippen LogP contribution in [0.5, 0.6) is 0 Å².